The molecular formula is C14H15FN4O3. The van der Waals surface area contributed by atoms with Crippen LogP contribution in [0.15, 0.2) is 24.4 Å². The van der Waals surface area contributed by atoms with Crippen LogP contribution < -0.4 is 5.32 Å². The number of carbonyl (C=O) groups is 2. The number of hydrogen-bond donors (Lipinski definition) is 2. The molecule has 116 valence electrons. The van der Waals surface area contributed by atoms with Crippen LogP contribution in [0.25, 0.3) is 5.82 Å². The monoisotopic (exact) mass is 306 g/mol. The number of aryl methyl sites for hydroxylation is 2. The van der Waals surface area contributed by atoms with Gasteiger partial charge in [-0.05, 0) is 32.0 Å². The predicted octanol–water partition coefficient (Wildman–Crippen LogP) is 1.04. The molecule has 0 saturated carbocycles. The van der Waals surface area contributed by atoms with E-state index in [9.17, 15) is 14.0 Å². The van der Waals surface area contributed by atoms with Crippen molar-refractivity contribution in [3.8, 4) is 5.82 Å². The molecule has 2 N–H and O–H groups in total. The standard InChI is InChI=1S/C14H15FN4O3/c1-8-5-9(2)19(18-8)12-4-3-10(7-16-12)13(20)17-11(6-15)14(21)22/h3-5,7,11H,6H2,1-2H3,(H,17,20)(H,21,22). The molecule has 7 nitrogen and oxygen atoms in total. The molecule has 22 heavy (non-hydrogen) atoms. The van der Waals surface area contributed by atoms with Gasteiger partial charge in [0.1, 0.15) is 6.67 Å². The summed E-state index contributed by atoms with van der Waals surface area (Å²) in [6.45, 7) is 2.55. The first-order valence-electron chi connectivity index (χ1n) is 6.51. The van der Waals surface area contributed by atoms with Gasteiger partial charge < -0.3 is 10.4 Å². The zero-order valence-corrected chi connectivity index (χ0v) is 12.1. The highest BCUT2D eigenvalue weighted by atomic mass is 19.1. The van der Waals surface area contributed by atoms with Crippen molar-refractivity contribution in [2.75, 3.05) is 6.67 Å². The van der Waals surface area contributed by atoms with Crippen LogP contribution in [0.5, 0.6) is 0 Å². The third-order valence-corrected chi connectivity index (χ3v) is 2.99. The lowest BCUT2D eigenvalue weighted by atomic mass is 10.2. The van der Waals surface area contributed by atoms with Gasteiger partial charge in [0.15, 0.2) is 11.9 Å². The summed E-state index contributed by atoms with van der Waals surface area (Å²) in [5.41, 5.74) is 1.88. The van der Waals surface area contributed by atoms with Crippen molar-refractivity contribution in [1.29, 1.82) is 0 Å². The molecule has 2 aromatic rings. The number of alkyl halides is 1. The van der Waals surface area contributed by atoms with E-state index in [1.165, 1.54) is 12.3 Å². The molecule has 2 rings (SSSR count). The van der Waals surface area contributed by atoms with Gasteiger partial charge in [-0.3, -0.25) is 4.79 Å². The quantitative estimate of drug-likeness (QED) is 0.860. The van der Waals surface area contributed by atoms with Crippen molar-refractivity contribution in [2.45, 2.75) is 19.9 Å². The average molecular weight is 306 g/mol. The van der Waals surface area contributed by atoms with Gasteiger partial charge in [0.25, 0.3) is 5.91 Å². The van der Waals surface area contributed by atoms with Crippen molar-refractivity contribution in [3.63, 3.8) is 0 Å². The summed E-state index contributed by atoms with van der Waals surface area (Å²) in [5, 5.41) is 15.1. The van der Waals surface area contributed by atoms with E-state index in [4.69, 9.17) is 5.11 Å². The molecule has 0 aromatic carbocycles. The Labute approximate surface area is 125 Å². The highest BCUT2D eigenvalue weighted by Crippen LogP contribution is 2.10. The molecule has 0 bridgehead atoms. The third-order valence-electron chi connectivity index (χ3n) is 2.99. The van der Waals surface area contributed by atoms with Crippen LogP contribution in [-0.2, 0) is 4.79 Å². The second-order valence-corrected chi connectivity index (χ2v) is 4.76. The van der Waals surface area contributed by atoms with Crippen LogP contribution in [0.2, 0.25) is 0 Å². The third kappa shape index (κ3) is 3.27. The van der Waals surface area contributed by atoms with Gasteiger partial charge in [0.05, 0.1) is 11.3 Å². The number of hydrogen-bond acceptors (Lipinski definition) is 4. The van der Waals surface area contributed by atoms with Gasteiger partial charge in [0.2, 0.25) is 0 Å². The minimum Gasteiger partial charge on any atom is -0.480 e. The van der Waals surface area contributed by atoms with Crippen LogP contribution in [0.4, 0.5) is 4.39 Å². The molecule has 8 heteroatoms. The maximum Gasteiger partial charge on any atom is 0.328 e. The highest BCUT2D eigenvalue weighted by Gasteiger charge is 2.20. The summed E-state index contributed by atoms with van der Waals surface area (Å²) >= 11 is 0. The van der Waals surface area contributed by atoms with E-state index in [1.54, 1.807) is 10.7 Å². The van der Waals surface area contributed by atoms with Gasteiger partial charge in [-0.1, -0.05) is 0 Å². The predicted molar refractivity (Wildman–Crippen MR) is 75.7 cm³/mol. The molecule has 2 aromatic heterocycles. The first-order chi connectivity index (χ1) is 10.4. The van der Waals surface area contributed by atoms with Crippen molar-refractivity contribution < 1.29 is 19.1 Å². The van der Waals surface area contributed by atoms with Crippen molar-refractivity contribution in [3.05, 3.63) is 41.3 Å². The molecule has 1 unspecified atom stereocenters. The lowest BCUT2D eigenvalue weighted by molar-refractivity contribution is -0.139. The molecule has 2 heterocycles. The Morgan fingerprint density at radius 1 is 1.41 bits per heavy atom. The second kappa shape index (κ2) is 6.33. The van der Waals surface area contributed by atoms with E-state index in [0.29, 0.717) is 5.82 Å². The maximum atomic E-state index is 12.5. The van der Waals surface area contributed by atoms with E-state index in [1.807, 2.05) is 19.9 Å². The van der Waals surface area contributed by atoms with Crippen molar-refractivity contribution in [2.24, 2.45) is 0 Å². The van der Waals surface area contributed by atoms with Crippen molar-refractivity contribution in [1.82, 2.24) is 20.1 Å². The van der Waals surface area contributed by atoms with Crippen LogP contribution >= 0.6 is 0 Å². The van der Waals surface area contributed by atoms with Gasteiger partial charge in [-0.2, -0.15) is 5.10 Å². The molecule has 0 aliphatic carbocycles. The van der Waals surface area contributed by atoms with Gasteiger partial charge in [0, 0.05) is 11.9 Å². The molecule has 1 amide bonds. The number of aliphatic carboxylic acids is 1. The van der Waals surface area contributed by atoms with Crippen LogP contribution in [0.1, 0.15) is 21.7 Å². The molecule has 0 aliphatic heterocycles. The number of halogens is 1. The summed E-state index contributed by atoms with van der Waals surface area (Å²) in [5.74, 6) is -1.59. The fourth-order valence-electron chi connectivity index (χ4n) is 1.91. The molecule has 1 atom stereocenters. The molecule has 0 saturated heterocycles. The van der Waals surface area contributed by atoms with Crippen LogP contribution in [-0.4, -0.2) is 44.5 Å². The number of carboxylic acids is 1. The normalized spacial score (nSPS) is 12.0. The SMILES string of the molecule is Cc1cc(C)n(-c2ccc(C(=O)NC(CF)C(=O)O)cn2)n1. The molecule has 0 spiro atoms. The Hall–Kier alpha value is -2.77. The Morgan fingerprint density at radius 2 is 2.14 bits per heavy atom. The van der Waals surface area contributed by atoms with Gasteiger partial charge in [-0.25, -0.2) is 18.9 Å². The Bertz CT molecular complexity index is 697. The lowest BCUT2D eigenvalue weighted by Crippen LogP contribution is -2.42. The smallest absolute Gasteiger partial charge is 0.328 e. The zero-order valence-electron chi connectivity index (χ0n) is 12.1. The molecule has 0 aliphatic rings. The van der Waals surface area contributed by atoms with E-state index in [2.05, 4.69) is 15.4 Å². The van der Waals surface area contributed by atoms with E-state index in [-0.39, 0.29) is 5.56 Å². The minimum atomic E-state index is -1.57. The first kappa shape index (κ1) is 15.6. The largest absolute Gasteiger partial charge is 0.480 e. The summed E-state index contributed by atoms with van der Waals surface area (Å²) in [7, 11) is 0. The number of pyridine rings is 1. The average Bonchev–Trinajstić information content (AvgIpc) is 2.83. The fraction of sp³-hybridized carbons (Fsp3) is 0.286. The zero-order chi connectivity index (χ0) is 16.3. The Morgan fingerprint density at radius 3 is 2.59 bits per heavy atom. The number of rotatable bonds is 5. The molecular weight excluding hydrogens is 291 g/mol. The second-order valence-electron chi connectivity index (χ2n) is 4.76. The summed E-state index contributed by atoms with van der Waals surface area (Å²) in [4.78, 5) is 26.6. The number of carbonyl (C=O) groups excluding carboxylic acids is 1. The summed E-state index contributed by atoms with van der Waals surface area (Å²) in [6, 6.07) is 3.38. The maximum absolute atomic E-state index is 12.5. The number of amides is 1. The molecule has 0 radical (unpaired) electrons. The highest BCUT2D eigenvalue weighted by molar-refractivity contribution is 5.96. The van der Waals surface area contributed by atoms with Crippen LogP contribution in [0, 0.1) is 13.8 Å². The van der Waals surface area contributed by atoms with E-state index in [0.717, 1.165) is 11.4 Å². The van der Waals surface area contributed by atoms with E-state index >= 15 is 0 Å². The van der Waals surface area contributed by atoms with Gasteiger partial charge in [-0.15, -0.1) is 0 Å². The summed E-state index contributed by atoms with van der Waals surface area (Å²) in [6.07, 6.45) is 1.29. The number of nitrogens with zero attached hydrogens (tertiary/aromatic N) is 3. The summed E-state index contributed by atoms with van der Waals surface area (Å²) < 4.78 is 14.1. The van der Waals surface area contributed by atoms with E-state index < -0.39 is 24.6 Å². The van der Waals surface area contributed by atoms with Crippen molar-refractivity contribution >= 4 is 11.9 Å². The topological polar surface area (TPSA) is 97.1 Å². The Balaban J connectivity index is 2.16. The van der Waals surface area contributed by atoms with Crippen LogP contribution in [0.3, 0.4) is 0 Å². The fourth-order valence-corrected chi connectivity index (χ4v) is 1.91. The minimum absolute atomic E-state index is 0.144. The first-order valence-corrected chi connectivity index (χ1v) is 6.51. The van der Waals surface area contributed by atoms with Gasteiger partial charge >= 0.3 is 5.97 Å². The number of nitrogens with one attached hydrogen (secondary N) is 1. The Kier molecular flexibility index (Phi) is 4.50. The number of carboxylic acid groups (broad SMARTS) is 1. The number of aromatic nitrogens is 3. The lowest BCUT2D eigenvalue weighted by Gasteiger charge is -2.11. The molecule has 0 fully saturated rings.